The minimum Gasteiger partial charge on any atom is -0.467 e. The normalized spacial score (nSPS) is 25.8. The van der Waals surface area contributed by atoms with Gasteiger partial charge in [-0.05, 0) is 59.8 Å². The summed E-state index contributed by atoms with van der Waals surface area (Å²) >= 11 is 0. The first kappa shape index (κ1) is 19.3. The molecule has 2 unspecified atom stereocenters. The molecule has 0 aromatic rings. The van der Waals surface area contributed by atoms with E-state index in [1.54, 1.807) is 41.5 Å². The number of fused-ring (bicyclic) bond motifs is 1. The van der Waals surface area contributed by atoms with Gasteiger partial charge in [0.1, 0.15) is 11.2 Å². The summed E-state index contributed by atoms with van der Waals surface area (Å²) in [4.78, 5) is 37.6. The van der Waals surface area contributed by atoms with Gasteiger partial charge in [-0.1, -0.05) is 0 Å². The van der Waals surface area contributed by atoms with Crippen LogP contribution in [0, 0.1) is 11.8 Å². The van der Waals surface area contributed by atoms with Crippen LogP contribution in [0.15, 0.2) is 0 Å². The molecule has 1 saturated carbocycles. The van der Waals surface area contributed by atoms with Crippen molar-refractivity contribution in [1.29, 1.82) is 0 Å². The first-order valence-corrected chi connectivity index (χ1v) is 8.44. The van der Waals surface area contributed by atoms with Crippen LogP contribution in [0.25, 0.3) is 0 Å². The van der Waals surface area contributed by atoms with Crippen molar-refractivity contribution in [2.75, 3.05) is 13.7 Å². The third-order valence-electron chi connectivity index (χ3n) is 3.94. The average Bonchev–Trinajstić information content (AvgIpc) is 3.19. The van der Waals surface area contributed by atoms with E-state index >= 15 is 0 Å². The zero-order valence-corrected chi connectivity index (χ0v) is 16.0. The summed E-state index contributed by atoms with van der Waals surface area (Å²) in [5.74, 6) is -0.444. The highest BCUT2D eigenvalue weighted by Gasteiger charge is 2.59. The number of esters is 1. The molecule has 0 spiro atoms. The summed E-state index contributed by atoms with van der Waals surface area (Å²) < 4.78 is 15.7. The molecule has 8 heteroatoms. The van der Waals surface area contributed by atoms with E-state index in [-0.39, 0.29) is 11.8 Å². The zero-order valence-electron chi connectivity index (χ0n) is 16.0. The molecular weight excluding hydrogens is 328 g/mol. The molecule has 2 fully saturated rings. The molecule has 8 nitrogen and oxygen atoms in total. The van der Waals surface area contributed by atoms with Crippen LogP contribution in [0.4, 0.5) is 9.59 Å². The van der Waals surface area contributed by atoms with Crippen LogP contribution in [0.3, 0.4) is 0 Å². The highest BCUT2D eigenvalue weighted by Crippen LogP contribution is 2.48. The quantitative estimate of drug-likeness (QED) is 0.530. The average molecular weight is 356 g/mol. The Balaban J connectivity index is 2.32. The monoisotopic (exact) mass is 356 g/mol. The predicted octanol–water partition coefficient (Wildman–Crippen LogP) is 2.57. The molecule has 0 N–H and O–H groups in total. The minimum atomic E-state index is -0.883. The van der Waals surface area contributed by atoms with Gasteiger partial charge in [0.2, 0.25) is 0 Å². The zero-order chi connectivity index (χ0) is 19.2. The van der Waals surface area contributed by atoms with Crippen molar-refractivity contribution in [3.8, 4) is 0 Å². The van der Waals surface area contributed by atoms with E-state index < -0.39 is 35.4 Å². The van der Waals surface area contributed by atoms with Crippen molar-refractivity contribution in [1.82, 2.24) is 10.0 Å². The Bertz CT molecular complexity index is 562. The first-order chi connectivity index (χ1) is 11.3. The van der Waals surface area contributed by atoms with E-state index in [0.29, 0.717) is 6.54 Å². The highest BCUT2D eigenvalue weighted by molar-refractivity contribution is 5.84. The SMILES string of the molecule is COC(=O)[C@@H]1C2CC2CN(C(=O)OC(C)(C)C)N1C(=O)OC(C)(C)C. The molecule has 0 aromatic carbocycles. The van der Waals surface area contributed by atoms with Gasteiger partial charge in [-0.3, -0.25) is 0 Å². The smallest absolute Gasteiger partial charge is 0.430 e. The Labute approximate surface area is 148 Å². The number of hydrogen-bond donors (Lipinski definition) is 0. The van der Waals surface area contributed by atoms with Gasteiger partial charge >= 0.3 is 18.2 Å². The van der Waals surface area contributed by atoms with Gasteiger partial charge in [0.15, 0.2) is 6.04 Å². The minimum absolute atomic E-state index is 0.0290. The Morgan fingerprint density at radius 3 is 1.92 bits per heavy atom. The molecule has 0 aromatic heterocycles. The molecule has 0 bridgehead atoms. The lowest BCUT2D eigenvalue weighted by Gasteiger charge is -2.42. The maximum atomic E-state index is 12.7. The standard InChI is InChI=1S/C17H28N2O6/c1-16(2,3)24-14(21)18-9-10-8-11(10)12(13(20)23-7)19(18)15(22)25-17(4,5)6/h10-12H,8-9H2,1-7H3/t10?,11?,12-/m0/s1. The predicted molar refractivity (Wildman–Crippen MR) is 88.4 cm³/mol. The molecule has 1 aliphatic heterocycles. The van der Waals surface area contributed by atoms with Crippen LogP contribution < -0.4 is 0 Å². The van der Waals surface area contributed by atoms with Crippen LogP contribution >= 0.6 is 0 Å². The van der Waals surface area contributed by atoms with Crippen LogP contribution in [0.2, 0.25) is 0 Å². The maximum absolute atomic E-state index is 12.7. The number of nitrogens with zero attached hydrogens (tertiary/aromatic N) is 2. The number of methoxy groups -OCH3 is 1. The molecule has 2 rings (SSSR count). The molecule has 1 aliphatic carbocycles. The van der Waals surface area contributed by atoms with Gasteiger partial charge in [0, 0.05) is 6.54 Å². The largest absolute Gasteiger partial charge is 0.467 e. The van der Waals surface area contributed by atoms with Crippen LogP contribution in [0.5, 0.6) is 0 Å². The molecule has 142 valence electrons. The number of ether oxygens (including phenoxy) is 3. The van der Waals surface area contributed by atoms with Crippen LogP contribution in [-0.4, -0.2) is 59.1 Å². The maximum Gasteiger partial charge on any atom is 0.430 e. The van der Waals surface area contributed by atoms with Gasteiger partial charge in [-0.25, -0.2) is 19.4 Å². The molecule has 1 heterocycles. The summed E-state index contributed by atoms with van der Waals surface area (Å²) in [5, 5.41) is 2.24. The highest BCUT2D eigenvalue weighted by atomic mass is 16.6. The van der Waals surface area contributed by atoms with Gasteiger partial charge in [-0.15, -0.1) is 0 Å². The van der Waals surface area contributed by atoms with E-state index in [2.05, 4.69) is 0 Å². The van der Waals surface area contributed by atoms with E-state index in [1.165, 1.54) is 12.1 Å². The Morgan fingerprint density at radius 1 is 0.920 bits per heavy atom. The number of carbonyl (C=O) groups is 3. The number of hydrogen-bond acceptors (Lipinski definition) is 6. The Hall–Kier alpha value is -1.99. The van der Waals surface area contributed by atoms with Crippen LogP contribution in [0.1, 0.15) is 48.0 Å². The third-order valence-corrected chi connectivity index (χ3v) is 3.94. The van der Waals surface area contributed by atoms with Crippen LogP contribution in [-0.2, 0) is 19.0 Å². The van der Waals surface area contributed by atoms with Crippen molar-refractivity contribution < 1.29 is 28.6 Å². The lowest BCUT2D eigenvalue weighted by Crippen LogP contribution is -2.62. The first-order valence-electron chi connectivity index (χ1n) is 8.44. The van der Waals surface area contributed by atoms with Gasteiger partial charge in [0.25, 0.3) is 0 Å². The molecule has 0 radical (unpaired) electrons. The van der Waals surface area contributed by atoms with Crippen molar-refractivity contribution >= 4 is 18.2 Å². The molecule has 2 amide bonds. The summed E-state index contributed by atoms with van der Waals surface area (Å²) in [6.07, 6.45) is -0.699. The summed E-state index contributed by atoms with van der Waals surface area (Å²) in [5.41, 5.74) is -1.49. The number of hydrazine groups is 1. The van der Waals surface area contributed by atoms with E-state index in [1.807, 2.05) is 0 Å². The Morgan fingerprint density at radius 2 is 1.44 bits per heavy atom. The summed E-state index contributed by atoms with van der Waals surface area (Å²) in [6.45, 7) is 10.7. The topological polar surface area (TPSA) is 85.4 Å². The fourth-order valence-corrected chi connectivity index (χ4v) is 2.90. The molecule has 1 saturated heterocycles. The number of rotatable bonds is 1. The lowest BCUT2D eigenvalue weighted by molar-refractivity contribution is -0.160. The molecule has 2 aliphatic rings. The number of carbonyl (C=O) groups excluding carboxylic acids is 3. The number of amides is 2. The third kappa shape index (κ3) is 4.55. The van der Waals surface area contributed by atoms with Gasteiger partial charge in [0.05, 0.1) is 7.11 Å². The van der Waals surface area contributed by atoms with Crippen molar-refractivity contribution in [3.05, 3.63) is 0 Å². The fraction of sp³-hybridized carbons (Fsp3) is 0.824. The molecule has 25 heavy (non-hydrogen) atoms. The van der Waals surface area contributed by atoms with E-state index in [9.17, 15) is 14.4 Å². The fourth-order valence-electron chi connectivity index (χ4n) is 2.90. The van der Waals surface area contributed by atoms with E-state index in [4.69, 9.17) is 14.2 Å². The van der Waals surface area contributed by atoms with Gasteiger partial charge < -0.3 is 14.2 Å². The second-order valence-electron chi connectivity index (χ2n) is 8.51. The van der Waals surface area contributed by atoms with Crippen molar-refractivity contribution in [2.45, 2.75) is 65.2 Å². The summed E-state index contributed by atoms with van der Waals surface area (Å²) in [7, 11) is 1.26. The van der Waals surface area contributed by atoms with Crippen molar-refractivity contribution in [3.63, 3.8) is 0 Å². The second-order valence-corrected chi connectivity index (χ2v) is 8.51. The second kappa shape index (κ2) is 6.38. The molecular formula is C17H28N2O6. The lowest BCUT2D eigenvalue weighted by atomic mass is 10.1. The summed E-state index contributed by atoms with van der Waals surface area (Å²) in [6, 6.07) is -0.883. The molecule has 3 atom stereocenters. The van der Waals surface area contributed by atoms with Gasteiger partial charge in [-0.2, -0.15) is 5.01 Å². The van der Waals surface area contributed by atoms with E-state index in [0.717, 1.165) is 11.4 Å². The Kier molecular flexibility index (Phi) is 4.94. The van der Waals surface area contributed by atoms with Crippen molar-refractivity contribution in [2.24, 2.45) is 11.8 Å².